The van der Waals surface area contributed by atoms with E-state index in [-0.39, 0.29) is 11.3 Å². The molecule has 1 N–H and O–H groups in total. The van der Waals surface area contributed by atoms with Gasteiger partial charge >= 0.3 is 0 Å². The number of sulfone groups is 1. The van der Waals surface area contributed by atoms with Crippen LogP contribution < -0.4 is 4.74 Å². The van der Waals surface area contributed by atoms with Crippen molar-refractivity contribution in [3.05, 3.63) is 59.7 Å². The molecule has 9 heteroatoms. The third-order valence-corrected chi connectivity index (χ3v) is 7.45. The first kappa shape index (κ1) is 25.2. The van der Waals surface area contributed by atoms with Gasteiger partial charge in [-0.15, -0.1) is 0 Å². The number of amides is 1. The molecule has 0 spiro atoms. The molecule has 1 saturated heterocycles. The summed E-state index contributed by atoms with van der Waals surface area (Å²) in [7, 11) is -3.76. The number of carbonyl (C=O) groups is 1. The fourth-order valence-corrected chi connectivity index (χ4v) is 5.35. The van der Waals surface area contributed by atoms with Crippen molar-refractivity contribution in [2.45, 2.75) is 30.7 Å². The molecule has 3 rings (SSSR count). The molecule has 1 aliphatic rings. The monoisotopic (exact) mass is 476 g/mol. The van der Waals surface area contributed by atoms with Gasteiger partial charge in [-0.05, 0) is 61.7 Å². The van der Waals surface area contributed by atoms with E-state index in [4.69, 9.17) is 9.47 Å². The summed E-state index contributed by atoms with van der Waals surface area (Å²) in [6, 6.07) is 12.5. The summed E-state index contributed by atoms with van der Waals surface area (Å²) in [5.74, 6) is 0.140. The van der Waals surface area contributed by atoms with Crippen molar-refractivity contribution in [1.29, 1.82) is 0 Å². The zero-order chi connectivity index (χ0) is 23.7. The molecule has 0 aliphatic carbocycles. The molecule has 1 amide bonds. The maximum atomic E-state index is 13.0. The molecule has 1 heterocycles. The third kappa shape index (κ3) is 7.26. The zero-order valence-electron chi connectivity index (χ0n) is 18.9. The van der Waals surface area contributed by atoms with Gasteiger partial charge in [-0.2, -0.15) is 0 Å². The first-order valence-corrected chi connectivity index (χ1v) is 12.8. The van der Waals surface area contributed by atoms with Crippen LogP contribution in [-0.4, -0.2) is 75.2 Å². The number of aryl methyl sites for hydroxylation is 1. The molecule has 33 heavy (non-hydrogen) atoms. The molecule has 0 saturated carbocycles. The standard InChI is InChI=1S/C24H32N2O6S/c1-2-32-22-9-11-23(12-10-22)33(29,30)18-24(26(28)19-27)21-7-5-20(6-8-21)4-3-13-25-14-16-31-17-15-25/h5-12,19,24,28H,2-4,13-18H2,1H3. The summed E-state index contributed by atoms with van der Waals surface area (Å²) >= 11 is 0. The van der Waals surface area contributed by atoms with Gasteiger partial charge in [0, 0.05) is 13.1 Å². The Hall–Kier alpha value is -2.46. The molecule has 0 bridgehead atoms. The summed E-state index contributed by atoms with van der Waals surface area (Å²) < 4.78 is 36.6. The molecule has 1 atom stereocenters. The number of rotatable bonds is 12. The molecule has 8 nitrogen and oxygen atoms in total. The predicted molar refractivity (Wildman–Crippen MR) is 124 cm³/mol. The molecule has 1 unspecified atom stereocenters. The van der Waals surface area contributed by atoms with E-state index >= 15 is 0 Å². The lowest BCUT2D eigenvalue weighted by atomic mass is 10.0. The highest BCUT2D eigenvalue weighted by atomic mass is 32.2. The fraction of sp³-hybridized carbons (Fsp3) is 0.458. The zero-order valence-corrected chi connectivity index (χ0v) is 19.7. The maximum absolute atomic E-state index is 13.0. The van der Waals surface area contributed by atoms with Crippen LogP contribution in [0.25, 0.3) is 0 Å². The van der Waals surface area contributed by atoms with Gasteiger partial charge in [0.05, 0.1) is 36.5 Å². The summed E-state index contributed by atoms with van der Waals surface area (Å²) in [6.45, 7) is 6.82. The summed E-state index contributed by atoms with van der Waals surface area (Å²) in [6.07, 6.45) is 2.13. The topological polar surface area (TPSA) is 96.4 Å². The lowest BCUT2D eigenvalue weighted by molar-refractivity contribution is -0.158. The van der Waals surface area contributed by atoms with E-state index in [0.29, 0.717) is 23.0 Å². The van der Waals surface area contributed by atoms with Gasteiger partial charge in [-0.25, -0.2) is 13.5 Å². The average molecular weight is 477 g/mol. The average Bonchev–Trinajstić information content (AvgIpc) is 2.84. The van der Waals surface area contributed by atoms with Crippen LogP contribution in [0.3, 0.4) is 0 Å². The number of hydroxylamine groups is 2. The van der Waals surface area contributed by atoms with Gasteiger partial charge in [-0.3, -0.25) is 14.9 Å². The number of benzene rings is 2. The van der Waals surface area contributed by atoms with Gasteiger partial charge in [0.1, 0.15) is 5.75 Å². The maximum Gasteiger partial charge on any atom is 0.233 e. The number of carbonyl (C=O) groups excluding carboxylic acids is 1. The smallest absolute Gasteiger partial charge is 0.233 e. The van der Waals surface area contributed by atoms with E-state index < -0.39 is 21.6 Å². The van der Waals surface area contributed by atoms with Gasteiger partial charge < -0.3 is 9.47 Å². The van der Waals surface area contributed by atoms with E-state index in [9.17, 15) is 18.4 Å². The van der Waals surface area contributed by atoms with Crippen molar-refractivity contribution in [3.8, 4) is 5.75 Å². The quantitative estimate of drug-likeness (QED) is 0.286. The van der Waals surface area contributed by atoms with Crippen LogP contribution in [0.2, 0.25) is 0 Å². The van der Waals surface area contributed by atoms with Crippen LogP contribution >= 0.6 is 0 Å². The number of ether oxygens (including phenoxy) is 2. The van der Waals surface area contributed by atoms with Crippen molar-refractivity contribution in [2.75, 3.05) is 45.2 Å². The molecule has 1 fully saturated rings. The lowest BCUT2D eigenvalue weighted by Gasteiger charge is -2.26. The molecular formula is C24H32N2O6S. The highest BCUT2D eigenvalue weighted by Gasteiger charge is 2.27. The number of hydrogen-bond acceptors (Lipinski definition) is 7. The van der Waals surface area contributed by atoms with Crippen LogP contribution in [0.5, 0.6) is 5.75 Å². The van der Waals surface area contributed by atoms with Crippen molar-refractivity contribution in [2.24, 2.45) is 0 Å². The van der Waals surface area contributed by atoms with Crippen molar-refractivity contribution in [3.63, 3.8) is 0 Å². The SMILES string of the molecule is CCOc1ccc(S(=O)(=O)CC(c2ccc(CCCN3CCOCC3)cc2)N(O)C=O)cc1. The third-order valence-electron chi connectivity index (χ3n) is 5.71. The van der Waals surface area contributed by atoms with Crippen molar-refractivity contribution in [1.82, 2.24) is 9.96 Å². The largest absolute Gasteiger partial charge is 0.494 e. The van der Waals surface area contributed by atoms with Crippen molar-refractivity contribution >= 4 is 16.2 Å². The second-order valence-electron chi connectivity index (χ2n) is 7.99. The number of morpholine rings is 1. The predicted octanol–water partition coefficient (Wildman–Crippen LogP) is 2.71. The molecule has 1 aliphatic heterocycles. The fourth-order valence-electron chi connectivity index (χ4n) is 3.85. The summed E-state index contributed by atoms with van der Waals surface area (Å²) in [5.41, 5.74) is 1.67. The molecule has 2 aromatic carbocycles. The number of hydrogen-bond donors (Lipinski definition) is 1. The van der Waals surface area contributed by atoms with Crippen LogP contribution in [0.1, 0.15) is 30.5 Å². The van der Waals surface area contributed by atoms with Crippen LogP contribution in [-0.2, 0) is 25.8 Å². The van der Waals surface area contributed by atoms with Crippen molar-refractivity contribution < 1.29 is 27.9 Å². The van der Waals surface area contributed by atoms with Crippen LogP contribution in [0.15, 0.2) is 53.4 Å². The molecule has 0 radical (unpaired) electrons. The Morgan fingerprint density at radius 1 is 1.12 bits per heavy atom. The van der Waals surface area contributed by atoms with Crippen LogP contribution in [0.4, 0.5) is 0 Å². The Morgan fingerprint density at radius 3 is 2.39 bits per heavy atom. The lowest BCUT2D eigenvalue weighted by Crippen LogP contribution is -2.36. The van der Waals surface area contributed by atoms with E-state index in [1.807, 2.05) is 19.1 Å². The van der Waals surface area contributed by atoms with E-state index in [1.54, 1.807) is 24.3 Å². The minimum absolute atomic E-state index is 0.106. The second kappa shape index (κ2) is 12.1. The Kier molecular flexibility index (Phi) is 9.25. The molecule has 180 valence electrons. The second-order valence-corrected chi connectivity index (χ2v) is 10.0. The molecular weight excluding hydrogens is 444 g/mol. The minimum atomic E-state index is -3.76. The Labute approximate surface area is 195 Å². The normalized spacial score (nSPS) is 15.7. The van der Waals surface area contributed by atoms with E-state index in [2.05, 4.69) is 4.90 Å². The Bertz CT molecular complexity index is 973. The number of nitrogens with zero attached hydrogens (tertiary/aromatic N) is 2. The van der Waals surface area contributed by atoms with Gasteiger partial charge in [0.15, 0.2) is 9.84 Å². The Balaban J connectivity index is 1.65. The Morgan fingerprint density at radius 2 is 1.79 bits per heavy atom. The highest BCUT2D eigenvalue weighted by Crippen LogP contribution is 2.25. The summed E-state index contributed by atoms with van der Waals surface area (Å²) in [5, 5.41) is 10.5. The highest BCUT2D eigenvalue weighted by molar-refractivity contribution is 7.91. The summed E-state index contributed by atoms with van der Waals surface area (Å²) in [4.78, 5) is 13.8. The van der Waals surface area contributed by atoms with E-state index in [0.717, 1.165) is 51.3 Å². The molecule has 0 aromatic heterocycles. The molecule has 2 aromatic rings. The first-order valence-electron chi connectivity index (χ1n) is 11.2. The van der Waals surface area contributed by atoms with Crippen LogP contribution in [0, 0.1) is 0 Å². The van der Waals surface area contributed by atoms with Gasteiger partial charge in [0.25, 0.3) is 0 Å². The first-order chi connectivity index (χ1) is 15.9. The minimum Gasteiger partial charge on any atom is -0.494 e. The van der Waals surface area contributed by atoms with Gasteiger partial charge in [-0.1, -0.05) is 24.3 Å². The van der Waals surface area contributed by atoms with Gasteiger partial charge in [0.2, 0.25) is 6.41 Å². The van der Waals surface area contributed by atoms with E-state index in [1.165, 1.54) is 12.1 Å².